The maximum Gasteiger partial charge on any atom is 0.422 e. The summed E-state index contributed by atoms with van der Waals surface area (Å²) in [5.41, 5.74) is 0.951. The van der Waals surface area contributed by atoms with E-state index < -0.39 is 18.8 Å². The number of nitrogens with zero attached hydrogens (tertiary/aromatic N) is 1. The Morgan fingerprint density at radius 1 is 1.26 bits per heavy atom. The van der Waals surface area contributed by atoms with E-state index in [9.17, 15) is 23.1 Å². The van der Waals surface area contributed by atoms with E-state index in [-0.39, 0.29) is 17.7 Å². The third-order valence-corrected chi connectivity index (χ3v) is 4.69. The fourth-order valence-corrected chi connectivity index (χ4v) is 3.68. The molecule has 3 atom stereocenters. The summed E-state index contributed by atoms with van der Waals surface area (Å²) in [4.78, 5) is 13.5. The molecule has 0 aromatic heterocycles. The Hall–Kier alpha value is -1.76. The van der Waals surface area contributed by atoms with E-state index in [0.29, 0.717) is 19.0 Å². The van der Waals surface area contributed by atoms with Crippen LogP contribution < -0.4 is 4.74 Å². The minimum atomic E-state index is -4.35. The average molecular weight is 329 g/mol. The summed E-state index contributed by atoms with van der Waals surface area (Å²) < 4.78 is 41.0. The maximum atomic E-state index is 12.1. The number of ether oxygens (including phenoxy) is 1. The zero-order valence-corrected chi connectivity index (χ0v) is 12.4. The van der Waals surface area contributed by atoms with Crippen LogP contribution in [-0.4, -0.2) is 40.8 Å². The predicted molar refractivity (Wildman–Crippen MR) is 76.1 cm³/mol. The normalized spacial score (nSPS) is 27.3. The van der Waals surface area contributed by atoms with Gasteiger partial charge < -0.3 is 9.84 Å². The number of carboxylic acids is 1. The summed E-state index contributed by atoms with van der Waals surface area (Å²) in [6, 6.07) is 6.88. The number of carbonyl (C=O) groups is 1. The van der Waals surface area contributed by atoms with Gasteiger partial charge in [-0.05, 0) is 37.0 Å². The van der Waals surface area contributed by atoms with E-state index in [2.05, 4.69) is 9.64 Å². The van der Waals surface area contributed by atoms with E-state index in [0.717, 1.165) is 18.4 Å². The van der Waals surface area contributed by atoms with E-state index in [1.807, 2.05) is 0 Å². The molecule has 0 saturated carbocycles. The van der Waals surface area contributed by atoms with Gasteiger partial charge in [0.2, 0.25) is 0 Å². The van der Waals surface area contributed by atoms with E-state index in [1.54, 1.807) is 12.1 Å². The molecule has 0 amide bonds. The first kappa shape index (κ1) is 16.1. The van der Waals surface area contributed by atoms with Crippen LogP contribution >= 0.6 is 0 Å². The second-order valence-corrected chi connectivity index (χ2v) is 6.20. The molecule has 1 aromatic rings. The lowest BCUT2D eigenvalue weighted by Crippen LogP contribution is -2.32. The van der Waals surface area contributed by atoms with Gasteiger partial charge in [0.05, 0.1) is 5.92 Å². The minimum absolute atomic E-state index is 0.0682. The molecule has 2 aliphatic heterocycles. The van der Waals surface area contributed by atoms with Gasteiger partial charge in [-0.15, -0.1) is 0 Å². The topological polar surface area (TPSA) is 49.8 Å². The molecule has 4 nitrogen and oxygen atoms in total. The average Bonchev–Trinajstić information content (AvgIpc) is 3.03. The smallest absolute Gasteiger partial charge is 0.422 e. The SMILES string of the molecule is O=C(O)C1CC2CCC1N2Cc1ccc(OCC(F)(F)F)cc1. The van der Waals surface area contributed by atoms with Gasteiger partial charge in [-0.2, -0.15) is 13.2 Å². The molecule has 7 heteroatoms. The summed E-state index contributed by atoms with van der Waals surface area (Å²) in [5.74, 6) is -0.861. The lowest BCUT2D eigenvalue weighted by atomic mass is 9.89. The first-order valence-corrected chi connectivity index (χ1v) is 7.60. The van der Waals surface area contributed by atoms with Gasteiger partial charge in [-0.1, -0.05) is 12.1 Å². The van der Waals surface area contributed by atoms with Gasteiger partial charge in [0.15, 0.2) is 6.61 Å². The molecular weight excluding hydrogens is 311 g/mol. The molecule has 2 aliphatic rings. The monoisotopic (exact) mass is 329 g/mol. The van der Waals surface area contributed by atoms with Crippen LogP contribution in [0.2, 0.25) is 0 Å². The highest BCUT2D eigenvalue weighted by atomic mass is 19.4. The Morgan fingerprint density at radius 2 is 1.96 bits per heavy atom. The lowest BCUT2D eigenvalue weighted by molar-refractivity contribution is -0.153. The predicted octanol–water partition coefficient (Wildman–Crippen LogP) is 3.07. The highest BCUT2D eigenvalue weighted by Gasteiger charge is 2.48. The number of aliphatic carboxylic acids is 1. The molecule has 3 rings (SSSR count). The number of fused-ring (bicyclic) bond motifs is 2. The number of benzene rings is 1. The molecule has 0 spiro atoms. The van der Waals surface area contributed by atoms with Gasteiger partial charge in [-0.3, -0.25) is 9.69 Å². The van der Waals surface area contributed by atoms with Gasteiger partial charge in [0.25, 0.3) is 0 Å². The van der Waals surface area contributed by atoms with Crippen molar-refractivity contribution in [3.63, 3.8) is 0 Å². The Morgan fingerprint density at radius 3 is 2.52 bits per heavy atom. The highest BCUT2D eigenvalue weighted by Crippen LogP contribution is 2.42. The van der Waals surface area contributed by atoms with Gasteiger partial charge in [-0.25, -0.2) is 0 Å². The molecule has 2 heterocycles. The number of halogens is 3. The zero-order valence-electron chi connectivity index (χ0n) is 12.4. The lowest BCUT2D eigenvalue weighted by Gasteiger charge is -2.22. The zero-order chi connectivity index (χ0) is 16.6. The van der Waals surface area contributed by atoms with Crippen molar-refractivity contribution in [3.05, 3.63) is 29.8 Å². The highest BCUT2D eigenvalue weighted by molar-refractivity contribution is 5.71. The van der Waals surface area contributed by atoms with Crippen LogP contribution in [-0.2, 0) is 11.3 Å². The Labute approximate surface area is 131 Å². The molecule has 2 fully saturated rings. The van der Waals surface area contributed by atoms with E-state index in [4.69, 9.17) is 0 Å². The van der Waals surface area contributed by atoms with Crippen molar-refractivity contribution in [3.8, 4) is 5.75 Å². The number of alkyl halides is 3. The molecule has 0 aliphatic carbocycles. The Kier molecular flexibility index (Phi) is 4.23. The summed E-state index contributed by atoms with van der Waals surface area (Å²) in [6.45, 7) is -0.679. The fourth-order valence-electron chi connectivity index (χ4n) is 3.68. The van der Waals surface area contributed by atoms with Crippen LogP contribution in [0.25, 0.3) is 0 Å². The number of hydrogen-bond acceptors (Lipinski definition) is 3. The third-order valence-electron chi connectivity index (χ3n) is 4.69. The van der Waals surface area contributed by atoms with Crippen molar-refractivity contribution in [1.82, 2.24) is 4.90 Å². The van der Waals surface area contributed by atoms with Crippen molar-refractivity contribution in [2.75, 3.05) is 6.61 Å². The van der Waals surface area contributed by atoms with Crippen LogP contribution in [0.4, 0.5) is 13.2 Å². The standard InChI is InChI=1S/C16H18F3NO3/c17-16(18,19)9-23-12-4-1-10(2-5-12)8-20-11-3-6-14(20)13(7-11)15(21)22/h1-2,4-5,11,13-14H,3,6-9H2,(H,21,22). The molecular formula is C16H18F3NO3. The van der Waals surface area contributed by atoms with Crippen molar-refractivity contribution in [1.29, 1.82) is 0 Å². The van der Waals surface area contributed by atoms with Crippen molar-refractivity contribution in [2.45, 2.75) is 44.1 Å². The van der Waals surface area contributed by atoms with Crippen molar-refractivity contribution >= 4 is 5.97 Å². The van der Waals surface area contributed by atoms with E-state index in [1.165, 1.54) is 12.1 Å². The number of hydrogen-bond donors (Lipinski definition) is 1. The molecule has 2 saturated heterocycles. The fraction of sp³-hybridized carbons (Fsp3) is 0.562. The molecule has 0 radical (unpaired) electrons. The largest absolute Gasteiger partial charge is 0.484 e. The van der Waals surface area contributed by atoms with Crippen LogP contribution in [0.15, 0.2) is 24.3 Å². The molecule has 23 heavy (non-hydrogen) atoms. The summed E-state index contributed by atoms with van der Waals surface area (Å²) >= 11 is 0. The number of carboxylic acid groups (broad SMARTS) is 1. The summed E-state index contributed by atoms with van der Waals surface area (Å²) in [5, 5.41) is 9.25. The molecule has 1 N–H and O–H groups in total. The molecule has 2 bridgehead atoms. The van der Waals surface area contributed by atoms with Gasteiger partial charge in [0.1, 0.15) is 5.75 Å². The minimum Gasteiger partial charge on any atom is -0.484 e. The van der Waals surface area contributed by atoms with Crippen LogP contribution in [0, 0.1) is 5.92 Å². The summed E-state index contributed by atoms with van der Waals surface area (Å²) in [6.07, 6.45) is -1.75. The quantitative estimate of drug-likeness (QED) is 0.902. The maximum absolute atomic E-state index is 12.1. The van der Waals surface area contributed by atoms with E-state index >= 15 is 0 Å². The number of rotatable bonds is 5. The second kappa shape index (κ2) is 6.03. The van der Waals surface area contributed by atoms with Crippen molar-refractivity contribution in [2.24, 2.45) is 5.92 Å². The van der Waals surface area contributed by atoms with Crippen LogP contribution in [0.3, 0.4) is 0 Å². The van der Waals surface area contributed by atoms with Crippen molar-refractivity contribution < 1.29 is 27.8 Å². The van der Waals surface area contributed by atoms with Crippen LogP contribution in [0.5, 0.6) is 5.75 Å². The molecule has 1 aromatic carbocycles. The van der Waals surface area contributed by atoms with Crippen LogP contribution in [0.1, 0.15) is 24.8 Å². The molecule has 3 unspecified atom stereocenters. The third kappa shape index (κ3) is 3.60. The van der Waals surface area contributed by atoms with Gasteiger partial charge >= 0.3 is 12.1 Å². The van der Waals surface area contributed by atoms with Gasteiger partial charge in [0, 0.05) is 18.6 Å². The summed E-state index contributed by atoms with van der Waals surface area (Å²) in [7, 11) is 0. The molecule has 126 valence electrons. The Balaban J connectivity index is 1.60. The first-order valence-electron chi connectivity index (χ1n) is 7.60. The first-order chi connectivity index (χ1) is 10.8. The second-order valence-electron chi connectivity index (χ2n) is 6.20. The Bertz CT molecular complexity index is 573.